The van der Waals surface area contributed by atoms with Crippen molar-refractivity contribution in [2.75, 3.05) is 6.61 Å². The molecule has 1 heterocycles. The third-order valence-corrected chi connectivity index (χ3v) is 3.16. The highest BCUT2D eigenvalue weighted by Crippen LogP contribution is 2.14. The molecule has 0 saturated carbocycles. The van der Waals surface area contributed by atoms with Gasteiger partial charge < -0.3 is 21.7 Å². The quantitative estimate of drug-likeness (QED) is 0.526. The van der Waals surface area contributed by atoms with Gasteiger partial charge in [0.25, 0.3) is 0 Å². The Morgan fingerprint density at radius 1 is 1.10 bits per heavy atom. The second kappa shape index (κ2) is 8.80. The van der Waals surface area contributed by atoms with Gasteiger partial charge in [-0.2, -0.15) is 0 Å². The normalized spacial score (nSPS) is 10.1. The Morgan fingerprint density at radius 3 is 2.50 bits per heavy atom. The van der Waals surface area contributed by atoms with Gasteiger partial charge in [0, 0.05) is 0 Å². The zero-order valence-electron chi connectivity index (χ0n) is 12.3. The van der Waals surface area contributed by atoms with Crippen LogP contribution >= 0.6 is 0 Å². The van der Waals surface area contributed by atoms with Gasteiger partial charge in [-0.15, -0.1) is 0 Å². The molecular formula is C16H23BrN2O. The Bertz CT molecular complexity index is 493. The predicted molar refractivity (Wildman–Crippen MR) is 76.7 cm³/mol. The molecule has 0 radical (unpaired) electrons. The van der Waals surface area contributed by atoms with Crippen molar-refractivity contribution in [2.24, 2.45) is 0 Å². The fraction of sp³-hybridized carbons (Fsp3) is 0.438. The molecule has 2 aromatic rings. The largest absolute Gasteiger partial charge is 1.00 e. The summed E-state index contributed by atoms with van der Waals surface area (Å²) in [4.78, 5) is 0. The number of aryl methyl sites for hydroxylation is 1. The lowest BCUT2D eigenvalue weighted by atomic mass is 10.2. The molecule has 0 aliphatic rings. The highest BCUT2D eigenvalue weighted by Gasteiger charge is 2.06. The van der Waals surface area contributed by atoms with Crippen molar-refractivity contribution in [1.82, 2.24) is 4.57 Å². The number of rotatable bonds is 7. The van der Waals surface area contributed by atoms with Crippen molar-refractivity contribution in [3.8, 4) is 11.4 Å². The molecule has 0 atom stereocenters. The van der Waals surface area contributed by atoms with Crippen LogP contribution in [0.5, 0.6) is 5.75 Å². The van der Waals surface area contributed by atoms with Gasteiger partial charge in [0.05, 0.1) is 13.2 Å². The van der Waals surface area contributed by atoms with E-state index in [-0.39, 0.29) is 17.0 Å². The van der Waals surface area contributed by atoms with E-state index >= 15 is 0 Å². The first-order chi connectivity index (χ1) is 9.33. The lowest BCUT2D eigenvalue weighted by molar-refractivity contribution is -0.696. The first-order valence-electron chi connectivity index (χ1n) is 7.13. The van der Waals surface area contributed by atoms with E-state index < -0.39 is 0 Å². The van der Waals surface area contributed by atoms with E-state index in [1.807, 2.05) is 19.1 Å². The summed E-state index contributed by atoms with van der Waals surface area (Å²) in [5.74, 6) is 0.925. The second-order valence-electron chi connectivity index (χ2n) is 4.69. The predicted octanol–water partition coefficient (Wildman–Crippen LogP) is 0.358. The number of nitrogens with zero attached hydrogens (tertiary/aromatic N) is 2. The van der Waals surface area contributed by atoms with Crippen LogP contribution in [0.2, 0.25) is 0 Å². The molecule has 0 fully saturated rings. The van der Waals surface area contributed by atoms with Crippen molar-refractivity contribution in [3.05, 3.63) is 43.0 Å². The van der Waals surface area contributed by atoms with Gasteiger partial charge in [-0.25, -0.2) is 9.13 Å². The number of hydrogen-bond donors (Lipinski definition) is 0. The molecule has 0 bridgehead atoms. The number of unbranched alkanes of at least 4 members (excludes halogenated alkanes) is 2. The van der Waals surface area contributed by atoms with Crippen LogP contribution in [-0.4, -0.2) is 11.2 Å². The molecule has 110 valence electrons. The Morgan fingerprint density at radius 2 is 1.85 bits per heavy atom. The van der Waals surface area contributed by atoms with Gasteiger partial charge in [0.1, 0.15) is 23.8 Å². The molecule has 1 aromatic heterocycles. The topological polar surface area (TPSA) is 18.0 Å². The standard InChI is InChI=1S/C16H23N2O.BrH/c1-3-5-6-11-17-12-13-18(14-17)15-7-9-16(10-8-15)19-4-2;/h7-10,12-14H,3-6,11H2,1-2H3;1H/q+1;/p-1. The Labute approximate surface area is 132 Å². The smallest absolute Gasteiger partial charge is 0.248 e. The molecule has 0 aliphatic heterocycles. The van der Waals surface area contributed by atoms with Gasteiger partial charge in [-0.1, -0.05) is 13.3 Å². The van der Waals surface area contributed by atoms with Gasteiger partial charge in [0.15, 0.2) is 0 Å². The summed E-state index contributed by atoms with van der Waals surface area (Å²) < 4.78 is 9.84. The minimum Gasteiger partial charge on any atom is -1.00 e. The number of hydrogen-bond acceptors (Lipinski definition) is 1. The number of halogens is 1. The molecule has 0 aliphatic carbocycles. The number of imidazole rings is 1. The lowest BCUT2D eigenvalue weighted by Gasteiger charge is -2.02. The maximum absolute atomic E-state index is 5.45. The fourth-order valence-corrected chi connectivity index (χ4v) is 2.10. The van der Waals surface area contributed by atoms with Crippen molar-refractivity contribution in [2.45, 2.75) is 39.7 Å². The lowest BCUT2D eigenvalue weighted by Crippen LogP contribution is -3.00. The monoisotopic (exact) mass is 338 g/mol. The summed E-state index contributed by atoms with van der Waals surface area (Å²) in [6, 6.07) is 8.20. The maximum Gasteiger partial charge on any atom is 0.248 e. The van der Waals surface area contributed by atoms with Crippen molar-refractivity contribution in [3.63, 3.8) is 0 Å². The van der Waals surface area contributed by atoms with Crippen LogP contribution in [0.4, 0.5) is 0 Å². The second-order valence-corrected chi connectivity index (χ2v) is 4.69. The van der Waals surface area contributed by atoms with Gasteiger partial charge in [0.2, 0.25) is 6.33 Å². The number of ether oxygens (including phenoxy) is 1. The molecule has 0 unspecified atom stereocenters. The summed E-state index contributed by atoms with van der Waals surface area (Å²) >= 11 is 0. The molecule has 4 heteroatoms. The average Bonchev–Trinajstić information content (AvgIpc) is 2.89. The zero-order valence-corrected chi connectivity index (χ0v) is 13.8. The van der Waals surface area contributed by atoms with E-state index in [4.69, 9.17) is 4.74 Å². The van der Waals surface area contributed by atoms with Gasteiger partial charge >= 0.3 is 0 Å². The maximum atomic E-state index is 5.45. The van der Waals surface area contributed by atoms with E-state index in [0.717, 1.165) is 18.0 Å². The summed E-state index contributed by atoms with van der Waals surface area (Å²) in [6.07, 6.45) is 10.2. The Kier molecular flexibility index (Phi) is 7.37. The van der Waals surface area contributed by atoms with E-state index in [0.29, 0.717) is 6.61 Å². The van der Waals surface area contributed by atoms with E-state index in [1.165, 1.54) is 19.3 Å². The molecule has 1 aromatic carbocycles. The van der Waals surface area contributed by atoms with Gasteiger partial charge in [-0.05, 0) is 44.0 Å². The van der Waals surface area contributed by atoms with Gasteiger partial charge in [-0.3, -0.25) is 0 Å². The number of benzene rings is 1. The van der Waals surface area contributed by atoms with E-state index in [2.05, 4.69) is 46.9 Å². The molecule has 3 nitrogen and oxygen atoms in total. The first kappa shape index (κ1) is 16.8. The van der Waals surface area contributed by atoms with Crippen LogP contribution in [0, 0.1) is 0 Å². The third-order valence-electron chi connectivity index (χ3n) is 3.16. The van der Waals surface area contributed by atoms with Crippen LogP contribution in [0.25, 0.3) is 5.69 Å². The number of aromatic nitrogens is 2. The molecule has 0 saturated heterocycles. The highest BCUT2D eigenvalue weighted by atomic mass is 79.9. The summed E-state index contributed by atoms with van der Waals surface area (Å²) in [5, 5.41) is 0. The Hall–Kier alpha value is -1.29. The summed E-state index contributed by atoms with van der Waals surface area (Å²) in [5.41, 5.74) is 1.16. The molecule has 2 rings (SSSR count). The van der Waals surface area contributed by atoms with Crippen LogP contribution in [0.3, 0.4) is 0 Å². The fourth-order valence-electron chi connectivity index (χ4n) is 2.10. The molecule has 0 spiro atoms. The molecule has 0 N–H and O–H groups in total. The highest BCUT2D eigenvalue weighted by molar-refractivity contribution is 5.36. The van der Waals surface area contributed by atoms with Crippen molar-refractivity contribution in [1.29, 1.82) is 0 Å². The molecule has 0 amide bonds. The van der Waals surface area contributed by atoms with Crippen LogP contribution < -0.4 is 26.3 Å². The van der Waals surface area contributed by atoms with Crippen molar-refractivity contribution < 1.29 is 26.3 Å². The zero-order chi connectivity index (χ0) is 13.5. The average molecular weight is 339 g/mol. The summed E-state index contributed by atoms with van der Waals surface area (Å²) in [7, 11) is 0. The third kappa shape index (κ3) is 4.67. The minimum atomic E-state index is 0. The Balaban J connectivity index is 0.00000200. The van der Waals surface area contributed by atoms with Crippen LogP contribution in [-0.2, 0) is 6.54 Å². The van der Waals surface area contributed by atoms with E-state index in [1.54, 1.807) is 0 Å². The van der Waals surface area contributed by atoms with Crippen LogP contribution in [0.1, 0.15) is 33.1 Å². The SMILES string of the molecule is CCCCC[n+]1ccn(-c2ccc(OCC)cc2)c1.[Br-]. The minimum absolute atomic E-state index is 0. The van der Waals surface area contributed by atoms with E-state index in [9.17, 15) is 0 Å². The molecule has 20 heavy (non-hydrogen) atoms. The summed E-state index contributed by atoms with van der Waals surface area (Å²) in [6.45, 7) is 6.03. The first-order valence-corrected chi connectivity index (χ1v) is 7.13. The van der Waals surface area contributed by atoms with Crippen LogP contribution in [0.15, 0.2) is 43.0 Å². The van der Waals surface area contributed by atoms with Crippen molar-refractivity contribution >= 4 is 0 Å². The molecular weight excluding hydrogens is 316 g/mol.